The first-order valence-corrected chi connectivity index (χ1v) is 9.70. The second-order valence-electron chi connectivity index (χ2n) is 6.44. The van der Waals surface area contributed by atoms with Crippen molar-refractivity contribution in [2.45, 2.75) is 0 Å². The van der Waals surface area contributed by atoms with Crippen molar-refractivity contribution in [2.24, 2.45) is 0 Å². The minimum Gasteiger partial charge on any atom is -0.493 e. The second-order valence-corrected chi connectivity index (χ2v) is 7.29. The maximum Gasteiger partial charge on any atom is 0.291 e. The summed E-state index contributed by atoms with van der Waals surface area (Å²) in [5.74, 6) is -0.262. The highest BCUT2D eigenvalue weighted by atomic mass is 35.5. The largest absolute Gasteiger partial charge is 0.493 e. The number of benzene rings is 3. The highest BCUT2D eigenvalue weighted by Crippen LogP contribution is 2.30. The number of fused-ring (bicyclic) bond motifs is 1. The molecule has 0 aliphatic carbocycles. The van der Waals surface area contributed by atoms with Crippen LogP contribution in [0.3, 0.4) is 0 Å². The van der Waals surface area contributed by atoms with E-state index in [-0.39, 0.29) is 17.1 Å². The number of methoxy groups -OCH3 is 1. The Morgan fingerprint density at radius 2 is 1.73 bits per heavy atom. The molecule has 0 atom stereocenters. The maximum absolute atomic E-state index is 13.0. The summed E-state index contributed by atoms with van der Waals surface area (Å²) >= 11 is 12.3. The fourth-order valence-electron chi connectivity index (χ4n) is 3.10. The van der Waals surface area contributed by atoms with Crippen LogP contribution in [0.5, 0.6) is 5.75 Å². The first kappa shape index (κ1) is 20.0. The van der Waals surface area contributed by atoms with E-state index in [2.05, 4.69) is 5.32 Å². The van der Waals surface area contributed by atoms with Gasteiger partial charge >= 0.3 is 0 Å². The lowest BCUT2D eigenvalue weighted by molar-refractivity contribution is 0.0998. The van der Waals surface area contributed by atoms with Gasteiger partial charge in [-0.25, -0.2) is 0 Å². The molecule has 0 spiro atoms. The monoisotopic (exact) mass is 439 g/mol. The molecule has 30 heavy (non-hydrogen) atoms. The molecule has 0 saturated carbocycles. The van der Waals surface area contributed by atoms with Gasteiger partial charge in [0.2, 0.25) is 0 Å². The molecular formula is C23H15Cl2NO4. The van der Waals surface area contributed by atoms with E-state index in [4.69, 9.17) is 32.4 Å². The van der Waals surface area contributed by atoms with Gasteiger partial charge in [0, 0.05) is 21.5 Å². The van der Waals surface area contributed by atoms with Crippen LogP contribution < -0.4 is 10.1 Å². The van der Waals surface area contributed by atoms with E-state index in [0.717, 1.165) is 5.39 Å². The summed E-state index contributed by atoms with van der Waals surface area (Å²) in [6.07, 6.45) is 0. The molecule has 0 unspecified atom stereocenters. The average Bonchev–Trinajstić information content (AvgIpc) is 3.19. The first-order valence-electron chi connectivity index (χ1n) is 8.94. The van der Waals surface area contributed by atoms with E-state index in [1.807, 2.05) is 6.07 Å². The lowest BCUT2D eigenvalue weighted by Crippen LogP contribution is -2.15. The average molecular weight is 440 g/mol. The van der Waals surface area contributed by atoms with Crippen molar-refractivity contribution in [3.8, 4) is 5.75 Å². The number of ketones is 1. The van der Waals surface area contributed by atoms with E-state index < -0.39 is 5.91 Å². The van der Waals surface area contributed by atoms with Gasteiger partial charge in [0.05, 0.1) is 17.8 Å². The van der Waals surface area contributed by atoms with Crippen molar-refractivity contribution in [2.75, 3.05) is 12.4 Å². The Kier molecular flexibility index (Phi) is 5.48. The molecule has 0 aliphatic rings. The van der Waals surface area contributed by atoms with Gasteiger partial charge < -0.3 is 14.5 Å². The highest BCUT2D eigenvalue weighted by Gasteiger charge is 2.20. The number of nitrogens with one attached hydrogen (secondary N) is 1. The van der Waals surface area contributed by atoms with Crippen molar-refractivity contribution in [3.63, 3.8) is 0 Å². The van der Waals surface area contributed by atoms with Gasteiger partial charge in [0.15, 0.2) is 22.9 Å². The van der Waals surface area contributed by atoms with Gasteiger partial charge in [-0.15, -0.1) is 0 Å². The predicted octanol–water partition coefficient (Wildman–Crippen LogP) is 6.23. The van der Waals surface area contributed by atoms with Crippen molar-refractivity contribution < 1.29 is 18.7 Å². The van der Waals surface area contributed by atoms with Crippen molar-refractivity contribution in [1.29, 1.82) is 0 Å². The zero-order chi connectivity index (χ0) is 21.3. The van der Waals surface area contributed by atoms with Crippen LogP contribution in [0.1, 0.15) is 26.5 Å². The van der Waals surface area contributed by atoms with Crippen molar-refractivity contribution in [3.05, 3.63) is 93.7 Å². The van der Waals surface area contributed by atoms with Gasteiger partial charge in [-0.3, -0.25) is 9.59 Å². The molecule has 7 heteroatoms. The minimum atomic E-state index is -0.510. The Labute approximate surface area is 182 Å². The van der Waals surface area contributed by atoms with Gasteiger partial charge in [-0.1, -0.05) is 47.5 Å². The van der Waals surface area contributed by atoms with E-state index >= 15 is 0 Å². The van der Waals surface area contributed by atoms with Gasteiger partial charge in [-0.05, 0) is 42.5 Å². The van der Waals surface area contributed by atoms with Crippen LogP contribution in [0.2, 0.25) is 10.0 Å². The molecule has 1 N–H and O–H groups in total. The number of hydrogen-bond donors (Lipinski definition) is 1. The first-order chi connectivity index (χ1) is 14.5. The number of furan rings is 1. The predicted molar refractivity (Wildman–Crippen MR) is 117 cm³/mol. The summed E-state index contributed by atoms with van der Waals surface area (Å²) in [4.78, 5) is 25.9. The number of carbonyl (C=O) groups is 2. The lowest BCUT2D eigenvalue weighted by Gasteiger charge is -2.11. The number of anilines is 1. The van der Waals surface area contributed by atoms with Crippen LogP contribution in [0.25, 0.3) is 11.0 Å². The van der Waals surface area contributed by atoms with Gasteiger partial charge in [0.1, 0.15) is 0 Å². The number of para-hydroxylation sites is 1. The second kappa shape index (κ2) is 8.22. The van der Waals surface area contributed by atoms with E-state index in [1.54, 1.807) is 54.6 Å². The number of rotatable bonds is 5. The molecule has 0 fully saturated rings. The molecule has 0 bridgehead atoms. The summed E-state index contributed by atoms with van der Waals surface area (Å²) in [5.41, 5.74) is 1.29. The Bertz CT molecular complexity index is 1280. The van der Waals surface area contributed by atoms with Crippen LogP contribution in [0.4, 0.5) is 5.69 Å². The Hall–Kier alpha value is -3.28. The van der Waals surface area contributed by atoms with Crippen LogP contribution in [0, 0.1) is 0 Å². The normalized spacial score (nSPS) is 10.8. The number of carbonyl (C=O) groups excluding carboxylic acids is 2. The van der Waals surface area contributed by atoms with E-state index in [1.165, 1.54) is 13.2 Å². The van der Waals surface area contributed by atoms with Crippen LogP contribution in [0.15, 0.2) is 71.1 Å². The molecule has 1 amide bonds. The summed E-state index contributed by atoms with van der Waals surface area (Å²) in [5, 5.41) is 4.12. The maximum atomic E-state index is 13.0. The van der Waals surface area contributed by atoms with Gasteiger partial charge in [-0.2, -0.15) is 0 Å². The molecule has 0 radical (unpaired) electrons. The molecule has 0 aliphatic heterocycles. The molecule has 150 valence electrons. The van der Waals surface area contributed by atoms with Crippen molar-refractivity contribution >= 4 is 51.5 Å². The standard InChI is InChI=1S/C23H15Cl2NO4/c1-29-19-8-4-5-13-11-20(30-22(13)19)23(28)26-18-10-9-14(24)12-16(18)21(27)15-6-2-3-7-17(15)25/h2-12H,1H3,(H,26,28). The van der Waals surface area contributed by atoms with Crippen LogP contribution in [-0.4, -0.2) is 18.8 Å². The topological polar surface area (TPSA) is 68.5 Å². The van der Waals surface area contributed by atoms with E-state index in [0.29, 0.717) is 32.6 Å². The smallest absolute Gasteiger partial charge is 0.291 e. The van der Waals surface area contributed by atoms with E-state index in [9.17, 15) is 9.59 Å². The molecular weight excluding hydrogens is 425 g/mol. The molecule has 3 aromatic carbocycles. The number of amides is 1. The van der Waals surface area contributed by atoms with Crippen LogP contribution >= 0.6 is 23.2 Å². The summed E-state index contributed by atoms with van der Waals surface area (Å²) in [6, 6.07) is 18.3. The SMILES string of the molecule is COc1cccc2cc(C(=O)Nc3ccc(Cl)cc3C(=O)c3ccccc3Cl)oc12. The number of halogens is 2. The molecule has 0 saturated heterocycles. The van der Waals surface area contributed by atoms with Crippen molar-refractivity contribution in [1.82, 2.24) is 0 Å². The lowest BCUT2D eigenvalue weighted by atomic mass is 10.0. The fraction of sp³-hybridized carbons (Fsp3) is 0.0435. The fourth-order valence-corrected chi connectivity index (χ4v) is 3.49. The third kappa shape index (κ3) is 3.77. The Morgan fingerprint density at radius 3 is 2.50 bits per heavy atom. The summed E-state index contributed by atoms with van der Waals surface area (Å²) in [6.45, 7) is 0. The van der Waals surface area contributed by atoms with Gasteiger partial charge in [0.25, 0.3) is 5.91 Å². The minimum absolute atomic E-state index is 0.0839. The Balaban J connectivity index is 1.69. The van der Waals surface area contributed by atoms with Crippen LogP contribution in [-0.2, 0) is 0 Å². The molecule has 5 nitrogen and oxygen atoms in total. The molecule has 1 heterocycles. The quantitative estimate of drug-likeness (QED) is 0.374. The zero-order valence-electron chi connectivity index (χ0n) is 15.7. The zero-order valence-corrected chi connectivity index (χ0v) is 17.3. The summed E-state index contributed by atoms with van der Waals surface area (Å²) in [7, 11) is 1.53. The molecule has 1 aromatic heterocycles. The summed E-state index contributed by atoms with van der Waals surface area (Å²) < 4.78 is 10.9. The Morgan fingerprint density at radius 1 is 0.933 bits per heavy atom. The molecule has 4 aromatic rings. The number of hydrogen-bond acceptors (Lipinski definition) is 4. The molecule has 4 rings (SSSR count). The third-order valence-corrected chi connectivity index (χ3v) is 5.11. The third-order valence-electron chi connectivity index (χ3n) is 4.54. The highest BCUT2D eigenvalue weighted by molar-refractivity contribution is 6.36. The number of ether oxygens (including phenoxy) is 1.